The Morgan fingerprint density at radius 2 is 2.45 bits per heavy atom. The quantitative estimate of drug-likeness (QED) is 0.588. The Balaban J connectivity index is 2.55. The molecule has 1 aliphatic heterocycles. The van der Waals surface area contributed by atoms with Gasteiger partial charge >= 0.3 is 0 Å². The third kappa shape index (κ3) is 1.89. The van der Waals surface area contributed by atoms with Crippen LogP contribution >= 0.6 is 11.8 Å². The van der Waals surface area contributed by atoms with E-state index in [0.717, 1.165) is 25.1 Å². The Bertz CT molecular complexity index is 140. The Labute approximate surface area is 72.3 Å². The molecule has 0 aliphatic carbocycles. The van der Waals surface area contributed by atoms with E-state index in [1.165, 1.54) is 0 Å². The van der Waals surface area contributed by atoms with E-state index < -0.39 is 0 Å². The van der Waals surface area contributed by atoms with Gasteiger partial charge in [0, 0.05) is 23.6 Å². The van der Waals surface area contributed by atoms with E-state index in [0.29, 0.717) is 11.3 Å². The second kappa shape index (κ2) is 4.00. The minimum absolute atomic E-state index is 0.464. The molecule has 2 unspecified atom stereocenters. The summed E-state index contributed by atoms with van der Waals surface area (Å²) in [5.41, 5.74) is 0. The van der Waals surface area contributed by atoms with Gasteiger partial charge in [-0.15, -0.1) is 0 Å². The van der Waals surface area contributed by atoms with Gasteiger partial charge in [0.2, 0.25) is 6.41 Å². The fraction of sp³-hybridized carbons (Fsp3) is 0.875. The van der Waals surface area contributed by atoms with Gasteiger partial charge in [0.25, 0.3) is 0 Å². The highest BCUT2D eigenvalue weighted by Gasteiger charge is 2.25. The van der Waals surface area contributed by atoms with Crippen molar-refractivity contribution in [1.82, 2.24) is 4.90 Å². The standard InChI is InChI=1S/C8H15NOS/c1-3-8-7(2)11-5-4-9(8)6-10/h6-8H,3-5H2,1-2H3. The zero-order valence-corrected chi connectivity index (χ0v) is 7.93. The average molecular weight is 173 g/mol. The molecule has 0 aromatic heterocycles. The highest BCUT2D eigenvalue weighted by Crippen LogP contribution is 2.24. The van der Waals surface area contributed by atoms with Crippen LogP contribution in [0.5, 0.6) is 0 Å². The number of hydrogen-bond acceptors (Lipinski definition) is 2. The van der Waals surface area contributed by atoms with Gasteiger partial charge in [-0.2, -0.15) is 11.8 Å². The maximum Gasteiger partial charge on any atom is 0.210 e. The largest absolute Gasteiger partial charge is 0.340 e. The van der Waals surface area contributed by atoms with Crippen LogP contribution < -0.4 is 0 Å². The van der Waals surface area contributed by atoms with Gasteiger partial charge in [0.15, 0.2) is 0 Å². The van der Waals surface area contributed by atoms with Crippen LogP contribution in [0.25, 0.3) is 0 Å². The van der Waals surface area contributed by atoms with E-state index in [-0.39, 0.29) is 0 Å². The second-order valence-electron chi connectivity index (χ2n) is 2.89. The molecular weight excluding hydrogens is 158 g/mol. The Morgan fingerprint density at radius 3 is 2.91 bits per heavy atom. The number of hydrogen-bond donors (Lipinski definition) is 0. The highest BCUT2D eigenvalue weighted by atomic mass is 32.2. The average Bonchev–Trinajstić information content (AvgIpc) is 2.04. The van der Waals surface area contributed by atoms with Crippen molar-refractivity contribution in [3.05, 3.63) is 0 Å². The summed E-state index contributed by atoms with van der Waals surface area (Å²) in [7, 11) is 0. The van der Waals surface area contributed by atoms with Crippen molar-refractivity contribution in [2.45, 2.75) is 31.6 Å². The normalized spacial score (nSPS) is 32.0. The van der Waals surface area contributed by atoms with Crippen LogP contribution in [0.1, 0.15) is 20.3 Å². The maximum absolute atomic E-state index is 10.6. The van der Waals surface area contributed by atoms with Crippen molar-refractivity contribution >= 4 is 18.2 Å². The van der Waals surface area contributed by atoms with Crippen LogP contribution in [0.15, 0.2) is 0 Å². The Morgan fingerprint density at radius 1 is 1.73 bits per heavy atom. The fourth-order valence-electron chi connectivity index (χ4n) is 1.59. The summed E-state index contributed by atoms with van der Waals surface area (Å²) in [5, 5.41) is 0.610. The van der Waals surface area contributed by atoms with Gasteiger partial charge < -0.3 is 4.90 Å². The maximum atomic E-state index is 10.6. The number of nitrogens with zero attached hydrogens (tertiary/aromatic N) is 1. The van der Waals surface area contributed by atoms with Crippen LogP contribution in [0.4, 0.5) is 0 Å². The van der Waals surface area contributed by atoms with Crippen molar-refractivity contribution in [3.63, 3.8) is 0 Å². The third-order valence-electron chi connectivity index (χ3n) is 2.25. The molecule has 0 aromatic carbocycles. The molecule has 0 saturated carbocycles. The number of carbonyl (C=O) groups excluding carboxylic acids is 1. The van der Waals surface area contributed by atoms with E-state index in [4.69, 9.17) is 0 Å². The van der Waals surface area contributed by atoms with Crippen molar-refractivity contribution in [3.8, 4) is 0 Å². The predicted molar refractivity (Wildman–Crippen MR) is 48.8 cm³/mol. The molecule has 2 nitrogen and oxygen atoms in total. The molecule has 11 heavy (non-hydrogen) atoms. The summed E-state index contributed by atoms with van der Waals surface area (Å²) in [6.45, 7) is 5.27. The smallest absolute Gasteiger partial charge is 0.210 e. The van der Waals surface area contributed by atoms with Crippen LogP contribution in [-0.2, 0) is 4.79 Å². The summed E-state index contributed by atoms with van der Waals surface area (Å²) in [6.07, 6.45) is 2.07. The Hall–Kier alpha value is -0.180. The van der Waals surface area contributed by atoms with Gasteiger partial charge in [-0.05, 0) is 6.42 Å². The highest BCUT2D eigenvalue weighted by molar-refractivity contribution is 8.00. The first-order valence-electron chi connectivity index (χ1n) is 4.12. The number of carbonyl (C=O) groups is 1. The molecule has 0 aromatic rings. The summed E-state index contributed by atoms with van der Waals surface area (Å²) >= 11 is 1.97. The molecule has 3 heteroatoms. The minimum atomic E-state index is 0.464. The zero-order chi connectivity index (χ0) is 8.27. The topological polar surface area (TPSA) is 20.3 Å². The van der Waals surface area contributed by atoms with E-state index in [2.05, 4.69) is 13.8 Å². The fourth-order valence-corrected chi connectivity index (χ4v) is 2.85. The number of rotatable bonds is 2. The lowest BCUT2D eigenvalue weighted by Gasteiger charge is -2.36. The number of thioether (sulfide) groups is 1. The first kappa shape index (κ1) is 8.91. The minimum Gasteiger partial charge on any atom is -0.340 e. The molecule has 0 N–H and O–H groups in total. The van der Waals surface area contributed by atoms with Gasteiger partial charge in [-0.3, -0.25) is 4.79 Å². The Kier molecular flexibility index (Phi) is 3.24. The summed E-state index contributed by atoms with van der Waals surface area (Å²) < 4.78 is 0. The van der Waals surface area contributed by atoms with E-state index in [1.807, 2.05) is 16.7 Å². The molecule has 1 rings (SSSR count). The first-order chi connectivity index (χ1) is 5.29. The SMILES string of the molecule is CCC1C(C)SCCN1C=O. The van der Waals surface area contributed by atoms with Crippen LogP contribution in [0.3, 0.4) is 0 Å². The van der Waals surface area contributed by atoms with E-state index in [9.17, 15) is 4.79 Å². The molecule has 1 fully saturated rings. The van der Waals surface area contributed by atoms with Crippen LogP contribution in [0, 0.1) is 0 Å². The lowest BCUT2D eigenvalue weighted by Crippen LogP contribution is -2.45. The third-order valence-corrected chi connectivity index (χ3v) is 3.51. The van der Waals surface area contributed by atoms with Gasteiger partial charge in [-0.1, -0.05) is 13.8 Å². The molecule has 0 radical (unpaired) electrons. The molecule has 2 atom stereocenters. The van der Waals surface area contributed by atoms with Gasteiger partial charge in [-0.25, -0.2) is 0 Å². The lowest BCUT2D eigenvalue weighted by molar-refractivity contribution is -0.120. The lowest BCUT2D eigenvalue weighted by atomic mass is 10.1. The van der Waals surface area contributed by atoms with E-state index >= 15 is 0 Å². The zero-order valence-electron chi connectivity index (χ0n) is 7.12. The molecule has 0 bridgehead atoms. The number of amides is 1. The van der Waals surface area contributed by atoms with Gasteiger partial charge in [0.05, 0.1) is 0 Å². The van der Waals surface area contributed by atoms with Gasteiger partial charge in [0.1, 0.15) is 0 Å². The monoisotopic (exact) mass is 173 g/mol. The molecule has 64 valence electrons. The second-order valence-corrected chi connectivity index (χ2v) is 4.38. The molecule has 1 aliphatic rings. The molecule has 0 spiro atoms. The molecule has 1 heterocycles. The van der Waals surface area contributed by atoms with Crippen molar-refractivity contribution in [1.29, 1.82) is 0 Å². The molecule has 1 saturated heterocycles. The van der Waals surface area contributed by atoms with Crippen molar-refractivity contribution in [2.24, 2.45) is 0 Å². The molecule has 1 amide bonds. The first-order valence-corrected chi connectivity index (χ1v) is 5.17. The summed E-state index contributed by atoms with van der Waals surface area (Å²) in [6, 6.07) is 0.464. The molecular formula is C8H15NOS. The van der Waals surface area contributed by atoms with Crippen LogP contribution in [0.2, 0.25) is 0 Å². The van der Waals surface area contributed by atoms with E-state index in [1.54, 1.807) is 0 Å². The van der Waals surface area contributed by atoms with Crippen molar-refractivity contribution in [2.75, 3.05) is 12.3 Å². The van der Waals surface area contributed by atoms with Crippen LogP contribution in [-0.4, -0.2) is 34.9 Å². The van der Waals surface area contributed by atoms with Crippen molar-refractivity contribution < 1.29 is 4.79 Å². The summed E-state index contributed by atoms with van der Waals surface area (Å²) in [5.74, 6) is 1.09. The summed E-state index contributed by atoms with van der Waals surface area (Å²) in [4.78, 5) is 12.5. The predicted octanol–water partition coefficient (Wildman–Crippen LogP) is 1.36.